The number of nitrogens with zero attached hydrogens (tertiary/aromatic N) is 2. The number of esters is 1. The van der Waals surface area contributed by atoms with E-state index in [1.807, 2.05) is 0 Å². The van der Waals surface area contributed by atoms with E-state index < -0.39 is 12.0 Å². The Kier molecular flexibility index (Phi) is 4.19. The fourth-order valence-corrected chi connectivity index (χ4v) is 1.88. The zero-order valence-electron chi connectivity index (χ0n) is 11.3. The molecule has 2 rings (SSSR count). The maximum absolute atomic E-state index is 12.1. The Balaban J connectivity index is 2.10. The molecule has 2 heterocycles. The van der Waals surface area contributed by atoms with Crippen molar-refractivity contribution in [2.75, 3.05) is 7.11 Å². The number of hydrogen-bond acceptors (Lipinski definition) is 4. The number of methoxy groups -OCH3 is 1. The summed E-state index contributed by atoms with van der Waals surface area (Å²) in [7, 11) is 3.05. The first kappa shape index (κ1) is 13.9. The summed E-state index contributed by atoms with van der Waals surface area (Å²) in [6.45, 7) is 0. The first-order valence-corrected chi connectivity index (χ1v) is 6.09. The standard InChI is InChI=1S/C13H16N4O3/c1-17-5-3-4-11(17)12(18)16-10(13(19)20-2)6-9-7-14-8-15-9/h3-5,7-8,10H,6H2,1-2H3,(H,14,15)(H,16,18)/t10-/m0/s1. The molecule has 2 aromatic rings. The molecular formula is C13H16N4O3. The molecule has 7 heteroatoms. The zero-order chi connectivity index (χ0) is 14.5. The van der Waals surface area contributed by atoms with E-state index in [2.05, 4.69) is 15.3 Å². The second-order valence-electron chi connectivity index (χ2n) is 4.33. The SMILES string of the molecule is COC(=O)[C@H](Cc1cnc[nH]1)NC(=O)c1cccn1C. The van der Waals surface area contributed by atoms with Gasteiger partial charge in [-0.2, -0.15) is 0 Å². The highest BCUT2D eigenvalue weighted by atomic mass is 16.5. The van der Waals surface area contributed by atoms with E-state index >= 15 is 0 Å². The molecule has 0 unspecified atom stereocenters. The van der Waals surface area contributed by atoms with Gasteiger partial charge >= 0.3 is 5.97 Å². The molecule has 0 fully saturated rings. The maximum atomic E-state index is 12.1. The predicted molar refractivity (Wildman–Crippen MR) is 71.0 cm³/mol. The third kappa shape index (κ3) is 3.05. The number of carbonyl (C=O) groups excluding carboxylic acids is 2. The van der Waals surface area contributed by atoms with Crippen molar-refractivity contribution < 1.29 is 14.3 Å². The Hall–Kier alpha value is -2.57. The van der Waals surface area contributed by atoms with E-state index in [4.69, 9.17) is 4.74 Å². The molecule has 0 saturated carbocycles. The highest BCUT2D eigenvalue weighted by Gasteiger charge is 2.23. The number of aromatic amines is 1. The van der Waals surface area contributed by atoms with Crippen molar-refractivity contribution in [1.82, 2.24) is 19.9 Å². The minimum Gasteiger partial charge on any atom is -0.467 e. The third-order valence-electron chi connectivity index (χ3n) is 2.95. The molecule has 0 aliphatic rings. The van der Waals surface area contributed by atoms with Crippen molar-refractivity contribution >= 4 is 11.9 Å². The fourth-order valence-electron chi connectivity index (χ4n) is 1.88. The van der Waals surface area contributed by atoms with Gasteiger partial charge in [0.2, 0.25) is 0 Å². The minimum atomic E-state index is -0.761. The van der Waals surface area contributed by atoms with Gasteiger partial charge in [0.1, 0.15) is 11.7 Å². The molecule has 0 aliphatic carbocycles. The van der Waals surface area contributed by atoms with Crippen LogP contribution in [0.5, 0.6) is 0 Å². The lowest BCUT2D eigenvalue weighted by Crippen LogP contribution is -2.43. The number of nitrogens with one attached hydrogen (secondary N) is 2. The van der Waals surface area contributed by atoms with E-state index in [9.17, 15) is 9.59 Å². The van der Waals surface area contributed by atoms with Gasteiger partial charge in [-0.3, -0.25) is 4.79 Å². The molecule has 0 radical (unpaired) electrons. The Labute approximate surface area is 116 Å². The van der Waals surface area contributed by atoms with E-state index in [-0.39, 0.29) is 5.91 Å². The smallest absolute Gasteiger partial charge is 0.328 e. The van der Waals surface area contributed by atoms with Gasteiger partial charge in [0.25, 0.3) is 5.91 Å². The van der Waals surface area contributed by atoms with E-state index in [0.717, 1.165) is 5.69 Å². The molecular weight excluding hydrogens is 260 g/mol. The van der Waals surface area contributed by atoms with Crippen LogP contribution in [-0.2, 0) is 23.0 Å². The number of hydrogen-bond donors (Lipinski definition) is 2. The van der Waals surface area contributed by atoms with Crippen molar-refractivity contribution in [1.29, 1.82) is 0 Å². The normalized spacial score (nSPS) is 11.9. The number of carbonyl (C=O) groups is 2. The molecule has 20 heavy (non-hydrogen) atoms. The molecule has 2 N–H and O–H groups in total. The molecule has 1 amide bonds. The molecule has 0 aromatic carbocycles. The monoisotopic (exact) mass is 276 g/mol. The summed E-state index contributed by atoms with van der Waals surface area (Å²) in [6.07, 6.45) is 5.17. The molecule has 7 nitrogen and oxygen atoms in total. The Bertz CT molecular complexity index is 589. The van der Waals surface area contributed by atoms with Crippen LogP contribution in [0.3, 0.4) is 0 Å². The quantitative estimate of drug-likeness (QED) is 0.767. The number of rotatable bonds is 5. The molecule has 0 bridgehead atoms. The zero-order valence-corrected chi connectivity index (χ0v) is 11.3. The van der Waals surface area contributed by atoms with Crippen LogP contribution in [0.25, 0.3) is 0 Å². The molecule has 0 aliphatic heterocycles. The second-order valence-corrected chi connectivity index (χ2v) is 4.33. The summed E-state index contributed by atoms with van der Waals surface area (Å²) in [5.41, 5.74) is 1.22. The largest absolute Gasteiger partial charge is 0.467 e. The maximum Gasteiger partial charge on any atom is 0.328 e. The van der Waals surface area contributed by atoms with Gasteiger partial charge < -0.3 is 19.6 Å². The van der Waals surface area contributed by atoms with Gasteiger partial charge in [-0.1, -0.05) is 0 Å². The summed E-state index contributed by atoms with van der Waals surface area (Å²) in [4.78, 5) is 30.6. The van der Waals surface area contributed by atoms with Crippen LogP contribution in [0.15, 0.2) is 30.9 Å². The van der Waals surface area contributed by atoms with Crippen LogP contribution in [-0.4, -0.2) is 39.6 Å². The first-order valence-electron chi connectivity index (χ1n) is 6.09. The van der Waals surface area contributed by atoms with Crippen LogP contribution in [0.2, 0.25) is 0 Å². The minimum absolute atomic E-state index is 0.294. The summed E-state index contributed by atoms with van der Waals surface area (Å²) >= 11 is 0. The van der Waals surface area contributed by atoms with Crippen molar-refractivity contribution in [3.63, 3.8) is 0 Å². The van der Waals surface area contributed by atoms with Crippen LogP contribution in [0.1, 0.15) is 16.2 Å². The highest BCUT2D eigenvalue weighted by molar-refractivity contribution is 5.95. The second kappa shape index (κ2) is 6.05. The number of aromatic nitrogens is 3. The van der Waals surface area contributed by atoms with Crippen LogP contribution in [0.4, 0.5) is 0 Å². The summed E-state index contributed by atoms with van der Waals surface area (Å²) in [6, 6.07) is 2.68. The lowest BCUT2D eigenvalue weighted by molar-refractivity contribution is -0.142. The van der Waals surface area contributed by atoms with E-state index in [0.29, 0.717) is 12.1 Å². The molecule has 0 spiro atoms. The topological polar surface area (TPSA) is 89.0 Å². The fraction of sp³-hybridized carbons (Fsp3) is 0.308. The summed E-state index contributed by atoms with van der Waals surface area (Å²) in [5, 5.41) is 2.67. The van der Waals surface area contributed by atoms with Gasteiger partial charge in [0.05, 0.1) is 13.4 Å². The van der Waals surface area contributed by atoms with Crippen molar-refractivity contribution in [3.05, 3.63) is 42.2 Å². The highest BCUT2D eigenvalue weighted by Crippen LogP contribution is 2.04. The van der Waals surface area contributed by atoms with E-state index in [1.54, 1.807) is 36.1 Å². The van der Waals surface area contributed by atoms with Crippen LogP contribution >= 0.6 is 0 Å². The lowest BCUT2D eigenvalue weighted by Gasteiger charge is -2.16. The first-order chi connectivity index (χ1) is 9.61. The van der Waals surface area contributed by atoms with Gasteiger partial charge in [0.15, 0.2) is 0 Å². The molecule has 0 saturated heterocycles. The third-order valence-corrected chi connectivity index (χ3v) is 2.95. The van der Waals surface area contributed by atoms with E-state index in [1.165, 1.54) is 13.4 Å². The van der Waals surface area contributed by atoms with Gasteiger partial charge in [0, 0.05) is 31.6 Å². The average molecular weight is 276 g/mol. The number of amides is 1. The Morgan fingerprint density at radius 1 is 1.55 bits per heavy atom. The summed E-state index contributed by atoms with van der Waals surface area (Å²) in [5.74, 6) is -0.824. The van der Waals surface area contributed by atoms with Crippen LogP contribution < -0.4 is 5.32 Å². The molecule has 2 aromatic heterocycles. The number of imidazole rings is 1. The van der Waals surface area contributed by atoms with Crippen molar-refractivity contribution in [2.24, 2.45) is 7.05 Å². The lowest BCUT2D eigenvalue weighted by atomic mass is 10.1. The predicted octanol–water partition coefficient (Wildman–Crippen LogP) is 0.262. The van der Waals surface area contributed by atoms with Gasteiger partial charge in [-0.15, -0.1) is 0 Å². The number of aryl methyl sites for hydroxylation is 1. The average Bonchev–Trinajstić information content (AvgIpc) is 3.08. The Morgan fingerprint density at radius 2 is 2.35 bits per heavy atom. The molecule has 106 valence electrons. The van der Waals surface area contributed by atoms with Gasteiger partial charge in [-0.05, 0) is 12.1 Å². The van der Waals surface area contributed by atoms with Crippen molar-refractivity contribution in [3.8, 4) is 0 Å². The van der Waals surface area contributed by atoms with Gasteiger partial charge in [-0.25, -0.2) is 9.78 Å². The Morgan fingerprint density at radius 3 is 2.90 bits per heavy atom. The number of H-pyrrole nitrogens is 1. The summed E-state index contributed by atoms with van der Waals surface area (Å²) < 4.78 is 6.40. The molecule has 1 atom stereocenters. The van der Waals surface area contributed by atoms with Crippen molar-refractivity contribution in [2.45, 2.75) is 12.5 Å². The van der Waals surface area contributed by atoms with Crippen LogP contribution in [0, 0.1) is 0 Å². The number of ether oxygens (including phenoxy) is 1.